The standard InChI is InChI=1S/C13H21N3O3/c1-6-19-13(3,4)8-14-10-7-9(2)15-11(16-10)12(17)18-5/h7H,6,8H2,1-5H3,(H,14,15,16). The summed E-state index contributed by atoms with van der Waals surface area (Å²) in [6, 6.07) is 1.77. The molecule has 1 aromatic heterocycles. The third-order valence-corrected chi connectivity index (χ3v) is 2.45. The van der Waals surface area contributed by atoms with E-state index in [1.165, 1.54) is 7.11 Å². The van der Waals surface area contributed by atoms with Gasteiger partial charge in [0.15, 0.2) is 0 Å². The Labute approximate surface area is 113 Å². The van der Waals surface area contributed by atoms with Crippen LogP contribution in [0.3, 0.4) is 0 Å². The van der Waals surface area contributed by atoms with Gasteiger partial charge >= 0.3 is 5.97 Å². The highest BCUT2D eigenvalue weighted by Crippen LogP contribution is 2.12. The van der Waals surface area contributed by atoms with Gasteiger partial charge < -0.3 is 14.8 Å². The first-order chi connectivity index (χ1) is 8.88. The molecular formula is C13H21N3O3. The van der Waals surface area contributed by atoms with Crippen molar-refractivity contribution in [3.8, 4) is 0 Å². The average Bonchev–Trinajstić information content (AvgIpc) is 2.35. The largest absolute Gasteiger partial charge is 0.463 e. The Bertz CT molecular complexity index is 447. The topological polar surface area (TPSA) is 73.3 Å². The number of ether oxygens (including phenoxy) is 2. The zero-order valence-electron chi connectivity index (χ0n) is 12.1. The lowest BCUT2D eigenvalue weighted by molar-refractivity contribution is 0.000638. The van der Waals surface area contributed by atoms with E-state index in [-0.39, 0.29) is 11.4 Å². The Morgan fingerprint density at radius 2 is 2.11 bits per heavy atom. The molecule has 0 fully saturated rings. The van der Waals surface area contributed by atoms with Crippen LogP contribution in [0.5, 0.6) is 0 Å². The highest BCUT2D eigenvalue weighted by molar-refractivity contribution is 5.85. The Hall–Kier alpha value is -1.69. The van der Waals surface area contributed by atoms with Gasteiger partial charge in [0.2, 0.25) is 5.82 Å². The van der Waals surface area contributed by atoms with Crippen molar-refractivity contribution in [2.24, 2.45) is 0 Å². The Balaban J connectivity index is 2.79. The summed E-state index contributed by atoms with van der Waals surface area (Å²) in [6.45, 7) is 8.94. The normalized spacial score (nSPS) is 11.2. The smallest absolute Gasteiger partial charge is 0.376 e. The molecule has 0 aliphatic rings. The van der Waals surface area contributed by atoms with E-state index < -0.39 is 5.97 Å². The first-order valence-corrected chi connectivity index (χ1v) is 6.20. The van der Waals surface area contributed by atoms with Crippen LogP contribution in [-0.2, 0) is 9.47 Å². The van der Waals surface area contributed by atoms with E-state index in [0.717, 1.165) is 0 Å². The molecule has 1 rings (SSSR count). The van der Waals surface area contributed by atoms with Gasteiger partial charge in [-0.2, -0.15) is 0 Å². The highest BCUT2D eigenvalue weighted by atomic mass is 16.5. The van der Waals surface area contributed by atoms with Crippen LogP contribution >= 0.6 is 0 Å². The van der Waals surface area contributed by atoms with Gasteiger partial charge in [0, 0.05) is 24.9 Å². The fourth-order valence-corrected chi connectivity index (χ4v) is 1.59. The lowest BCUT2D eigenvalue weighted by Crippen LogP contribution is -2.33. The number of carbonyl (C=O) groups excluding carboxylic acids is 1. The molecule has 0 saturated heterocycles. The molecule has 0 spiro atoms. The Morgan fingerprint density at radius 3 is 2.68 bits per heavy atom. The number of hydrogen-bond acceptors (Lipinski definition) is 6. The van der Waals surface area contributed by atoms with Crippen molar-refractivity contribution >= 4 is 11.8 Å². The van der Waals surface area contributed by atoms with Crippen molar-refractivity contribution in [2.45, 2.75) is 33.3 Å². The molecule has 0 aliphatic heterocycles. The maximum atomic E-state index is 11.4. The van der Waals surface area contributed by atoms with E-state index in [9.17, 15) is 4.79 Å². The zero-order chi connectivity index (χ0) is 14.5. The number of anilines is 1. The van der Waals surface area contributed by atoms with Crippen LogP contribution in [-0.4, -0.2) is 41.8 Å². The molecule has 0 aliphatic carbocycles. The third-order valence-electron chi connectivity index (χ3n) is 2.45. The Kier molecular flexibility index (Phi) is 5.23. The van der Waals surface area contributed by atoms with Gasteiger partial charge in [0.25, 0.3) is 0 Å². The zero-order valence-corrected chi connectivity index (χ0v) is 12.1. The SMILES string of the molecule is CCOC(C)(C)CNc1cc(C)nc(C(=O)OC)n1. The lowest BCUT2D eigenvalue weighted by atomic mass is 10.1. The number of hydrogen-bond donors (Lipinski definition) is 1. The molecular weight excluding hydrogens is 246 g/mol. The fraction of sp³-hybridized carbons (Fsp3) is 0.615. The molecule has 0 amide bonds. The summed E-state index contributed by atoms with van der Waals surface area (Å²) < 4.78 is 10.2. The van der Waals surface area contributed by atoms with Crippen molar-refractivity contribution in [1.82, 2.24) is 9.97 Å². The summed E-state index contributed by atoms with van der Waals surface area (Å²) in [6.07, 6.45) is 0. The molecule has 0 radical (unpaired) electrons. The van der Waals surface area contributed by atoms with Gasteiger partial charge in [-0.15, -0.1) is 0 Å². The Morgan fingerprint density at radius 1 is 1.42 bits per heavy atom. The second-order valence-corrected chi connectivity index (χ2v) is 4.76. The fourth-order valence-electron chi connectivity index (χ4n) is 1.59. The molecule has 0 unspecified atom stereocenters. The van der Waals surface area contributed by atoms with Gasteiger partial charge in [0.05, 0.1) is 12.7 Å². The minimum atomic E-state index is -0.546. The van der Waals surface area contributed by atoms with Crippen LogP contribution in [0.1, 0.15) is 37.1 Å². The minimum Gasteiger partial charge on any atom is -0.463 e. The molecule has 1 N–H and O–H groups in total. The maximum absolute atomic E-state index is 11.4. The quantitative estimate of drug-likeness (QED) is 0.792. The summed E-state index contributed by atoms with van der Waals surface area (Å²) in [5, 5.41) is 3.15. The van der Waals surface area contributed by atoms with E-state index in [2.05, 4.69) is 20.0 Å². The number of esters is 1. The van der Waals surface area contributed by atoms with Crippen molar-refractivity contribution in [2.75, 3.05) is 25.6 Å². The van der Waals surface area contributed by atoms with Crippen molar-refractivity contribution in [1.29, 1.82) is 0 Å². The predicted octanol–water partition coefficient (Wildman–Crippen LogP) is 1.80. The molecule has 19 heavy (non-hydrogen) atoms. The van der Waals surface area contributed by atoms with Crippen LogP contribution in [0.4, 0.5) is 5.82 Å². The number of aryl methyl sites for hydroxylation is 1. The number of carbonyl (C=O) groups is 1. The first kappa shape index (κ1) is 15.4. The van der Waals surface area contributed by atoms with E-state index in [0.29, 0.717) is 24.7 Å². The van der Waals surface area contributed by atoms with E-state index in [1.807, 2.05) is 20.8 Å². The van der Waals surface area contributed by atoms with Crippen LogP contribution in [0.15, 0.2) is 6.07 Å². The molecule has 1 heterocycles. The first-order valence-electron chi connectivity index (χ1n) is 6.20. The molecule has 6 nitrogen and oxygen atoms in total. The summed E-state index contributed by atoms with van der Waals surface area (Å²) >= 11 is 0. The summed E-state index contributed by atoms with van der Waals surface area (Å²) in [7, 11) is 1.30. The van der Waals surface area contributed by atoms with Crippen molar-refractivity contribution in [3.63, 3.8) is 0 Å². The minimum absolute atomic E-state index is 0.0548. The number of rotatable bonds is 6. The van der Waals surface area contributed by atoms with Crippen molar-refractivity contribution < 1.29 is 14.3 Å². The second kappa shape index (κ2) is 6.47. The van der Waals surface area contributed by atoms with E-state index in [1.54, 1.807) is 13.0 Å². The van der Waals surface area contributed by atoms with Gasteiger partial charge in [0.1, 0.15) is 5.82 Å². The molecule has 0 saturated carbocycles. The van der Waals surface area contributed by atoms with Gasteiger partial charge in [-0.3, -0.25) is 0 Å². The molecule has 0 aromatic carbocycles. The number of nitrogens with zero attached hydrogens (tertiary/aromatic N) is 2. The van der Waals surface area contributed by atoms with Crippen molar-refractivity contribution in [3.05, 3.63) is 17.6 Å². The highest BCUT2D eigenvalue weighted by Gasteiger charge is 2.18. The van der Waals surface area contributed by atoms with Crippen LogP contribution in [0.25, 0.3) is 0 Å². The van der Waals surface area contributed by atoms with E-state index >= 15 is 0 Å². The average molecular weight is 267 g/mol. The third kappa shape index (κ3) is 4.82. The lowest BCUT2D eigenvalue weighted by Gasteiger charge is -2.25. The van der Waals surface area contributed by atoms with Crippen LogP contribution < -0.4 is 5.32 Å². The van der Waals surface area contributed by atoms with Crippen LogP contribution in [0, 0.1) is 6.92 Å². The number of aromatic nitrogens is 2. The molecule has 6 heteroatoms. The van der Waals surface area contributed by atoms with E-state index in [4.69, 9.17) is 4.74 Å². The van der Waals surface area contributed by atoms with Gasteiger partial charge in [-0.05, 0) is 27.7 Å². The predicted molar refractivity (Wildman–Crippen MR) is 72.3 cm³/mol. The summed E-state index contributed by atoms with van der Waals surface area (Å²) in [5.41, 5.74) is 0.395. The molecule has 106 valence electrons. The summed E-state index contributed by atoms with van der Waals surface area (Å²) in [5.74, 6) is 0.0933. The van der Waals surface area contributed by atoms with Gasteiger partial charge in [-0.25, -0.2) is 14.8 Å². The summed E-state index contributed by atoms with van der Waals surface area (Å²) in [4.78, 5) is 19.6. The number of nitrogens with one attached hydrogen (secondary N) is 1. The number of methoxy groups -OCH3 is 1. The van der Waals surface area contributed by atoms with Gasteiger partial charge in [-0.1, -0.05) is 0 Å². The molecule has 1 aromatic rings. The molecule has 0 atom stereocenters. The monoisotopic (exact) mass is 267 g/mol. The van der Waals surface area contributed by atoms with Crippen LogP contribution in [0.2, 0.25) is 0 Å². The molecule has 0 bridgehead atoms. The second-order valence-electron chi connectivity index (χ2n) is 4.76. The maximum Gasteiger partial charge on any atom is 0.376 e.